The van der Waals surface area contributed by atoms with Crippen LogP contribution in [0.5, 0.6) is 11.5 Å². The Morgan fingerprint density at radius 1 is 1.29 bits per heavy atom. The molecule has 2 aromatic rings. The van der Waals surface area contributed by atoms with Crippen molar-refractivity contribution in [2.75, 3.05) is 0 Å². The van der Waals surface area contributed by atoms with Crippen molar-refractivity contribution >= 4 is 23.3 Å². The highest BCUT2D eigenvalue weighted by Crippen LogP contribution is 2.33. The van der Waals surface area contributed by atoms with Crippen molar-refractivity contribution in [3.05, 3.63) is 62.7 Å². The summed E-state index contributed by atoms with van der Waals surface area (Å²) < 4.78 is 5.45. The number of carbonyl (C=O) groups is 1. The summed E-state index contributed by atoms with van der Waals surface area (Å²) in [6.45, 7) is 1.77. The minimum absolute atomic E-state index is 0.00435. The van der Waals surface area contributed by atoms with Crippen molar-refractivity contribution in [3.8, 4) is 11.5 Å². The standard InChI is InChI=1S/C14H10ClNO5/c1-8-2-5-12(16(19)20)13(6-8)21-9-3-4-10(14(17)18)11(15)7-9/h2-7H,1H3,(H,17,18). The molecule has 0 fully saturated rings. The molecule has 1 N–H and O–H groups in total. The predicted octanol–water partition coefficient (Wildman–Crippen LogP) is 4.05. The number of hydrogen-bond acceptors (Lipinski definition) is 4. The Balaban J connectivity index is 2.38. The van der Waals surface area contributed by atoms with Gasteiger partial charge in [-0.2, -0.15) is 0 Å². The quantitative estimate of drug-likeness (QED) is 0.680. The van der Waals surface area contributed by atoms with Gasteiger partial charge >= 0.3 is 11.7 Å². The summed E-state index contributed by atoms with van der Waals surface area (Å²) in [5.41, 5.74) is 0.547. The van der Waals surface area contributed by atoms with E-state index < -0.39 is 10.9 Å². The lowest BCUT2D eigenvalue weighted by atomic mass is 10.2. The first kappa shape index (κ1) is 14.8. The molecule has 0 aliphatic heterocycles. The summed E-state index contributed by atoms with van der Waals surface area (Å²) in [6.07, 6.45) is 0. The van der Waals surface area contributed by atoms with Crippen LogP contribution in [0.2, 0.25) is 5.02 Å². The van der Waals surface area contributed by atoms with Gasteiger partial charge in [-0.25, -0.2) is 4.79 Å². The zero-order valence-corrected chi connectivity index (χ0v) is 11.6. The number of benzene rings is 2. The van der Waals surface area contributed by atoms with E-state index in [1.165, 1.54) is 30.3 Å². The van der Waals surface area contributed by atoms with E-state index in [0.717, 1.165) is 5.56 Å². The van der Waals surface area contributed by atoms with Gasteiger partial charge in [-0.15, -0.1) is 0 Å². The lowest BCUT2D eigenvalue weighted by molar-refractivity contribution is -0.385. The predicted molar refractivity (Wildman–Crippen MR) is 76.3 cm³/mol. The van der Waals surface area contributed by atoms with Crippen LogP contribution in [0.15, 0.2) is 36.4 Å². The molecule has 0 aliphatic rings. The van der Waals surface area contributed by atoms with Gasteiger partial charge < -0.3 is 9.84 Å². The van der Waals surface area contributed by atoms with E-state index in [4.69, 9.17) is 21.4 Å². The van der Waals surface area contributed by atoms with Crippen LogP contribution in [0.25, 0.3) is 0 Å². The first-order valence-electron chi connectivity index (χ1n) is 5.84. The molecule has 0 radical (unpaired) electrons. The van der Waals surface area contributed by atoms with Crippen LogP contribution in [-0.2, 0) is 0 Å². The maximum atomic E-state index is 11.0. The molecule has 0 aromatic heterocycles. The van der Waals surface area contributed by atoms with Crippen LogP contribution in [0.4, 0.5) is 5.69 Å². The van der Waals surface area contributed by atoms with Gasteiger partial charge in [-0.1, -0.05) is 17.7 Å². The molecular weight excluding hydrogens is 298 g/mol. The van der Waals surface area contributed by atoms with Gasteiger partial charge in [-0.05, 0) is 30.7 Å². The zero-order chi connectivity index (χ0) is 15.6. The molecule has 2 aromatic carbocycles. The highest BCUT2D eigenvalue weighted by atomic mass is 35.5. The molecule has 0 bridgehead atoms. The summed E-state index contributed by atoms with van der Waals surface area (Å²) in [4.78, 5) is 21.3. The van der Waals surface area contributed by atoms with Crippen LogP contribution in [0, 0.1) is 17.0 Å². The molecule has 0 heterocycles. The number of aryl methyl sites for hydroxylation is 1. The van der Waals surface area contributed by atoms with Crippen molar-refractivity contribution in [1.82, 2.24) is 0 Å². The lowest BCUT2D eigenvalue weighted by Crippen LogP contribution is -1.98. The van der Waals surface area contributed by atoms with Gasteiger partial charge in [-0.3, -0.25) is 10.1 Å². The number of carboxylic acids is 1. The molecule has 0 saturated heterocycles. The summed E-state index contributed by atoms with van der Waals surface area (Å²) in [6, 6.07) is 8.45. The second-order valence-electron chi connectivity index (χ2n) is 4.28. The monoisotopic (exact) mass is 307 g/mol. The van der Waals surface area contributed by atoms with E-state index in [1.54, 1.807) is 13.0 Å². The number of nitrogens with zero attached hydrogens (tertiary/aromatic N) is 1. The zero-order valence-electron chi connectivity index (χ0n) is 10.9. The van der Waals surface area contributed by atoms with Crippen molar-refractivity contribution in [1.29, 1.82) is 0 Å². The number of rotatable bonds is 4. The Kier molecular flexibility index (Phi) is 4.09. The Bertz CT molecular complexity index is 729. The molecule has 0 spiro atoms. The fourth-order valence-electron chi connectivity index (χ4n) is 1.71. The second-order valence-corrected chi connectivity index (χ2v) is 4.68. The summed E-state index contributed by atoms with van der Waals surface area (Å²) in [5.74, 6) is -0.870. The number of nitro benzene ring substituents is 1. The van der Waals surface area contributed by atoms with Crippen LogP contribution < -0.4 is 4.74 Å². The molecule has 0 aliphatic carbocycles. The van der Waals surface area contributed by atoms with Crippen molar-refractivity contribution < 1.29 is 19.6 Å². The number of halogens is 1. The van der Waals surface area contributed by atoms with Gasteiger partial charge in [0.2, 0.25) is 5.75 Å². The van der Waals surface area contributed by atoms with E-state index in [0.29, 0.717) is 0 Å². The third-order valence-electron chi connectivity index (χ3n) is 2.71. The normalized spacial score (nSPS) is 10.2. The third kappa shape index (κ3) is 3.29. The topological polar surface area (TPSA) is 89.7 Å². The molecule has 108 valence electrons. The van der Waals surface area contributed by atoms with Gasteiger partial charge in [0.15, 0.2) is 0 Å². The van der Waals surface area contributed by atoms with E-state index in [9.17, 15) is 14.9 Å². The van der Waals surface area contributed by atoms with Crippen LogP contribution in [-0.4, -0.2) is 16.0 Å². The lowest BCUT2D eigenvalue weighted by Gasteiger charge is -2.08. The first-order valence-corrected chi connectivity index (χ1v) is 6.22. The number of hydrogen-bond donors (Lipinski definition) is 1. The minimum atomic E-state index is -1.16. The number of ether oxygens (including phenoxy) is 1. The van der Waals surface area contributed by atoms with Gasteiger partial charge in [0.25, 0.3) is 0 Å². The molecule has 0 saturated carbocycles. The Labute approximate surface area is 124 Å². The third-order valence-corrected chi connectivity index (χ3v) is 3.02. The number of aromatic carboxylic acids is 1. The Morgan fingerprint density at radius 3 is 2.57 bits per heavy atom. The maximum Gasteiger partial charge on any atom is 0.337 e. The summed E-state index contributed by atoms with van der Waals surface area (Å²) in [5, 5.41) is 19.8. The number of nitro groups is 1. The van der Waals surface area contributed by atoms with Gasteiger partial charge in [0, 0.05) is 12.1 Å². The van der Waals surface area contributed by atoms with Crippen LogP contribution in [0.3, 0.4) is 0 Å². The summed E-state index contributed by atoms with van der Waals surface area (Å²) >= 11 is 5.83. The number of carboxylic acid groups (broad SMARTS) is 1. The molecular formula is C14H10ClNO5. The average molecular weight is 308 g/mol. The maximum absolute atomic E-state index is 11.0. The van der Waals surface area contributed by atoms with Crippen LogP contribution >= 0.6 is 11.6 Å². The van der Waals surface area contributed by atoms with Crippen molar-refractivity contribution in [2.45, 2.75) is 6.92 Å². The van der Waals surface area contributed by atoms with Crippen LogP contribution in [0.1, 0.15) is 15.9 Å². The molecule has 6 nitrogen and oxygen atoms in total. The largest absolute Gasteiger partial charge is 0.478 e. The molecule has 0 atom stereocenters. The van der Waals surface area contributed by atoms with Gasteiger partial charge in [0.1, 0.15) is 5.75 Å². The average Bonchev–Trinajstić information content (AvgIpc) is 2.37. The van der Waals surface area contributed by atoms with E-state index in [2.05, 4.69) is 0 Å². The smallest absolute Gasteiger partial charge is 0.337 e. The first-order chi connectivity index (χ1) is 9.88. The Hall–Kier alpha value is -2.60. The fraction of sp³-hybridized carbons (Fsp3) is 0.0714. The summed E-state index contributed by atoms with van der Waals surface area (Å²) in [7, 11) is 0. The van der Waals surface area contributed by atoms with E-state index in [1.807, 2.05) is 0 Å². The second kappa shape index (κ2) is 5.80. The van der Waals surface area contributed by atoms with Crippen molar-refractivity contribution in [3.63, 3.8) is 0 Å². The molecule has 7 heteroatoms. The fourth-order valence-corrected chi connectivity index (χ4v) is 1.97. The SMILES string of the molecule is Cc1ccc([N+](=O)[O-])c(Oc2ccc(C(=O)O)c(Cl)c2)c1. The molecule has 0 amide bonds. The highest BCUT2D eigenvalue weighted by Gasteiger charge is 2.17. The molecule has 21 heavy (non-hydrogen) atoms. The van der Waals surface area contributed by atoms with E-state index in [-0.39, 0.29) is 27.8 Å². The molecule has 2 rings (SSSR count). The highest BCUT2D eigenvalue weighted by molar-refractivity contribution is 6.33. The Morgan fingerprint density at radius 2 is 2.00 bits per heavy atom. The minimum Gasteiger partial charge on any atom is -0.478 e. The van der Waals surface area contributed by atoms with Gasteiger partial charge in [0.05, 0.1) is 15.5 Å². The van der Waals surface area contributed by atoms with E-state index >= 15 is 0 Å². The molecule has 0 unspecified atom stereocenters. The van der Waals surface area contributed by atoms with Crippen molar-refractivity contribution in [2.24, 2.45) is 0 Å².